The molecule has 0 aliphatic rings. The smallest absolute Gasteiger partial charge is 0.149 e. The second-order valence-electron chi connectivity index (χ2n) is 6.43. The lowest BCUT2D eigenvalue weighted by atomic mass is 10.4. The number of hydrogen-bond donors (Lipinski definition) is 0. The highest BCUT2D eigenvalue weighted by Gasteiger charge is 2.31. The molecule has 0 bridgehead atoms. The molecule has 6 heteroatoms. The Hall–Kier alpha value is -0.506. The first-order valence-corrected chi connectivity index (χ1v) is 13.0. The SMILES string of the molecule is CCOC(CC)(OCC)[SiH2]c1ccc([SiH2]C(CC)(OCC)OCC)cc1. The zero-order valence-corrected chi connectivity index (χ0v) is 20.4. The van der Waals surface area contributed by atoms with Gasteiger partial charge in [-0.25, -0.2) is 0 Å². The number of ether oxygens (including phenoxy) is 4. The van der Waals surface area contributed by atoms with Crippen LogP contribution in [0.3, 0.4) is 0 Å². The van der Waals surface area contributed by atoms with E-state index in [2.05, 4.69) is 38.1 Å². The summed E-state index contributed by atoms with van der Waals surface area (Å²) >= 11 is 0. The molecular formula is C20H38O4Si2. The molecule has 1 aromatic rings. The van der Waals surface area contributed by atoms with Crippen molar-refractivity contribution in [2.75, 3.05) is 26.4 Å². The van der Waals surface area contributed by atoms with Gasteiger partial charge in [-0.15, -0.1) is 0 Å². The maximum Gasteiger partial charge on any atom is 0.149 e. The Morgan fingerprint density at radius 3 is 1.04 bits per heavy atom. The van der Waals surface area contributed by atoms with E-state index in [0.29, 0.717) is 26.4 Å². The highest BCUT2D eigenvalue weighted by atomic mass is 28.2. The Morgan fingerprint density at radius 2 is 0.846 bits per heavy atom. The zero-order valence-electron chi connectivity index (χ0n) is 17.6. The molecule has 1 rings (SSSR count). The third-order valence-corrected chi connectivity index (χ3v) is 9.33. The molecule has 0 radical (unpaired) electrons. The van der Waals surface area contributed by atoms with Gasteiger partial charge in [0.05, 0.1) is 0 Å². The third kappa shape index (κ3) is 6.90. The fourth-order valence-corrected chi connectivity index (χ4v) is 7.31. The molecule has 0 N–H and O–H groups in total. The lowest BCUT2D eigenvalue weighted by Gasteiger charge is -2.33. The maximum absolute atomic E-state index is 6.02. The minimum Gasteiger partial charge on any atom is -0.354 e. The Morgan fingerprint density at radius 1 is 0.577 bits per heavy atom. The van der Waals surface area contributed by atoms with Crippen molar-refractivity contribution < 1.29 is 18.9 Å². The molecule has 0 aromatic heterocycles. The second kappa shape index (κ2) is 12.1. The molecule has 1 aromatic carbocycles. The molecule has 26 heavy (non-hydrogen) atoms. The van der Waals surface area contributed by atoms with Gasteiger partial charge in [-0.05, 0) is 40.5 Å². The summed E-state index contributed by atoms with van der Waals surface area (Å²) in [7, 11) is -1.40. The summed E-state index contributed by atoms with van der Waals surface area (Å²) in [6.07, 6.45) is 1.79. The van der Waals surface area contributed by atoms with E-state index >= 15 is 0 Å². The molecule has 4 nitrogen and oxygen atoms in total. The molecule has 0 atom stereocenters. The zero-order chi connectivity index (χ0) is 19.5. The van der Waals surface area contributed by atoms with Crippen LogP contribution in [0.15, 0.2) is 24.3 Å². The molecule has 0 saturated carbocycles. The van der Waals surface area contributed by atoms with Gasteiger partial charge in [0, 0.05) is 26.4 Å². The van der Waals surface area contributed by atoms with E-state index < -0.39 is 19.0 Å². The van der Waals surface area contributed by atoms with Crippen LogP contribution >= 0.6 is 0 Å². The van der Waals surface area contributed by atoms with Crippen LogP contribution in [0, 0.1) is 0 Å². The molecule has 150 valence electrons. The summed E-state index contributed by atoms with van der Waals surface area (Å²) in [6, 6.07) is 9.04. The van der Waals surface area contributed by atoms with Crippen LogP contribution in [-0.2, 0) is 18.9 Å². The van der Waals surface area contributed by atoms with Crippen LogP contribution in [0.2, 0.25) is 0 Å². The molecule has 0 fully saturated rings. The lowest BCUT2D eigenvalue weighted by Crippen LogP contribution is -2.49. The van der Waals surface area contributed by atoms with Crippen molar-refractivity contribution in [1.82, 2.24) is 0 Å². The van der Waals surface area contributed by atoms with Gasteiger partial charge in [0.25, 0.3) is 0 Å². The van der Waals surface area contributed by atoms with Crippen LogP contribution in [0.5, 0.6) is 0 Å². The van der Waals surface area contributed by atoms with E-state index in [1.165, 1.54) is 10.4 Å². The van der Waals surface area contributed by atoms with E-state index in [4.69, 9.17) is 18.9 Å². The fraction of sp³-hybridized carbons (Fsp3) is 0.700. The molecule has 0 heterocycles. The lowest BCUT2D eigenvalue weighted by molar-refractivity contribution is -0.176. The van der Waals surface area contributed by atoms with Gasteiger partial charge in [-0.2, -0.15) is 0 Å². The summed E-state index contributed by atoms with van der Waals surface area (Å²) in [4.78, 5) is 0. The molecule has 0 aliphatic carbocycles. The summed E-state index contributed by atoms with van der Waals surface area (Å²) in [5, 5.41) is 2.75. The highest BCUT2D eigenvalue weighted by molar-refractivity contribution is 6.58. The van der Waals surface area contributed by atoms with Gasteiger partial charge >= 0.3 is 0 Å². The van der Waals surface area contributed by atoms with E-state index in [9.17, 15) is 0 Å². The average molecular weight is 399 g/mol. The molecule has 0 saturated heterocycles. The van der Waals surface area contributed by atoms with Gasteiger partial charge in [0.15, 0.2) is 0 Å². The Bertz CT molecular complexity index is 436. The van der Waals surface area contributed by atoms with Crippen LogP contribution in [-0.4, -0.2) is 56.3 Å². The third-order valence-electron chi connectivity index (χ3n) is 4.68. The van der Waals surface area contributed by atoms with Gasteiger partial charge in [0.1, 0.15) is 29.9 Å². The van der Waals surface area contributed by atoms with Crippen molar-refractivity contribution in [2.24, 2.45) is 0 Å². The number of hydrogen-bond acceptors (Lipinski definition) is 4. The van der Waals surface area contributed by atoms with Crippen molar-refractivity contribution >= 4 is 29.4 Å². The standard InChI is InChI=1S/C20H38O4Si2/c1-7-19(21-9-3,22-10-4)25-17-13-15-18(16-14-17)26-20(8-2,23-11-5)24-12-6/h13-16H,7-12,25-26H2,1-6H3. The molecule has 0 amide bonds. The predicted molar refractivity (Wildman–Crippen MR) is 115 cm³/mol. The second-order valence-corrected chi connectivity index (χ2v) is 10.9. The summed E-state index contributed by atoms with van der Waals surface area (Å²) in [6.45, 7) is 15.2. The molecule has 0 unspecified atom stereocenters. The minimum atomic E-state index is -0.700. The predicted octanol–water partition coefficient (Wildman–Crippen LogP) is 1.55. The Balaban J connectivity index is 2.89. The van der Waals surface area contributed by atoms with Crippen LogP contribution in [0.25, 0.3) is 0 Å². The highest BCUT2D eigenvalue weighted by Crippen LogP contribution is 2.18. The Kier molecular flexibility index (Phi) is 10.9. The Labute approximate surface area is 164 Å². The first-order chi connectivity index (χ1) is 12.5. The van der Waals surface area contributed by atoms with Gasteiger partial charge in [-0.1, -0.05) is 48.5 Å². The summed E-state index contributed by atoms with van der Waals surface area (Å²) in [5.41, 5.74) is -0.765. The maximum atomic E-state index is 6.02. The number of benzene rings is 1. The largest absolute Gasteiger partial charge is 0.354 e. The van der Waals surface area contributed by atoms with E-state index in [1.54, 1.807) is 0 Å². The van der Waals surface area contributed by atoms with Gasteiger partial charge in [0.2, 0.25) is 0 Å². The van der Waals surface area contributed by atoms with Crippen LogP contribution in [0.4, 0.5) is 0 Å². The van der Waals surface area contributed by atoms with E-state index in [1.807, 2.05) is 27.7 Å². The van der Waals surface area contributed by atoms with E-state index in [-0.39, 0.29) is 10.8 Å². The fourth-order valence-electron chi connectivity index (χ4n) is 3.39. The molecule has 0 aliphatic heterocycles. The average Bonchev–Trinajstić information content (AvgIpc) is 2.64. The van der Waals surface area contributed by atoms with Gasteiger partial charge in [-0.3, -0.25) is 0 Å². The number of rotatable bonds is 14. The first-order valence-electron chi connectivity index (χ1n) is 10.2. The first kappa shape index (κ1) is 23.5. The molecule has 0 spiro atoms. The molecular weight excluding hydrogens is 360 g/mol. The van der Waals surface area contributed by atoms with Crippen molar-refractivity contribution in [3.05, 3.63) is 24.3 Å². The normalized spacial score (nSPS) is 13.5. The quantitative estimate of drug-likeness (QED) is 0.352. The van der Waals surface area contributed by atoms with Gasteiger partial charge < -0.3 is 18.9 Å². The summed E-state index contributed by atoms with van der Waals surface area (Å²) < 4.78 is 24.1. The monoisotopic (exact) mass is 398 g/mol. The van der Waals surface area contributed by atoms with Crippen molar-refractivity contribution in [2.45, 2.75) is 65.2 Å². The minimum absolute atomic E-state index is 0.383. The van der Waals surface area contributed by atoms with E-state index in [0.717, 1.165) is 12.8 Å². The van der Waals surface area contributed by atoms with Crippen molar-refractivity contribution in [1.29, 1.82) is 0 Å². The van der Waals surface area contributed by atoms with Crippen molar-refractivity contribution in [3.8, 4) is 0 Å². The topological polar surface area (TPSA) is 36.9 Å². The summed E-state index contributed by atoms with van der Waals surface area (Å²) in [5.74, 6) is 0. The van der Waals surface area contributed by atoms with Crippen molar-refractivity contribution in [3.63, 3.8) is 0 Å². The van der Waals surface area contributed by atoms with Crippen LogP contribution < -0.4 is 10.4 Å². The van der Waals surface area contributed by atoms with Crippen LogP contribution in [0.1, 0.15) is 54.4 Å².